The summed E-state index contributed by atoms with van der Waals surface area (Å²) >= 11 is 0. The lowest BCUT2D eigenvalue weighted by Gasteiger charge is -2.18. The summed E-state index contributed by atoms with van der Waals surface area (Å²) in [5.41, 5.74) is 0. The molecule has 0 amide bonds. The van der Waals surface area contributed by atoms with Gasteiger partial charge in [-0.15, -0.1) is 0 Å². The minimum atomic E-state index is -0.821. The molecule has 0 aliphatic rings. The molecule has 1 unspecified atom stereocenters. The van der Waals surface area contributed by atoms with Crippen LogP contribution in [0.2, 0.25) is 0 Å². The van der Waals surface area contributed by atoms with Crippen molar-refractivity contribution in [3.63, 3.8) is 0 Å². The SMILES string of the molecule is CC/C=C/C/C=C/C/C=C/CCCCCCC(=O)OC(COC(=O)CC/C=C/C/C=C/CCCCCCCC)COC(=O)CCCCC/C=C/C=C/CCCCCCCCC. The van der Waals surface area contributed by atoms with E-state index in [2.05, 4.69) is 99.8 Å². The van der Waals surface area contributed by atoms with Crippen LogP contribution in [0.3, 0.4) is 0 Å². The molecule has 0 spiro atoms. The Balaban J connectivity index is 4.53. The second kappa shape index (κ2) is 49.2. The molecule has 6 heteroatoms. The van der Waals surface area contributed by atoms with Crippen LogP contribution in [0.25, 0.3) is 0 Å². The zero-order valence-electron chi connectivity index (χ0n) is 39.7. The molecule has 0 aliphatic carbocycles. The van der Waals surface area contributed by atoms with Crippen LogP contribution in [0.1, 0.15) is 226 Å². The van der Waals surface area contributed by atoms with Gasteiger partial charge in [-0.1, -0.05) is 196 Å². The molecule has 0 heterocycles. The van der Waals surface area contributed by atoms with Gasteiger partial charge >= 0.3 is 17.9 Å². The quantitative estimate of drug-likeness (QED) is 0.0200. The van der Waals surface area contributed by atoms with Crippen molar-refractivity contribution in [1.29, 1.82) is 0 Å². The van der Waals surface area contributed by atoms with Crippen LogP contribution >= 0.6 is 0 Å². The van der Waals surface area contributed by atoms with Gasteiger partial charge in [0.1, 0.15) is 13.2 Å². The number of allylic oxidation sites excluding steroid dienone is 14. The molecule has 0 aromatic rings. The highest BCUT2D eigenvalue weighted by atomic mass is 16.6. The number of rotatable bonds is 44. The van der Waals surface area contributed by atoms with Gasteiger partial charge in [-0.05, 0) is 96.3 Å². The Labute approximate surface area is 375 Å². The largest absolute Gasteiger partial charge is 0.462 e. The lowest BCUT2D eigenvalue weighted by molar-refractivity contribution is -0.166. The molecule has 0 saturated carbocycles. The summed E-state index contributed by atoms with van der Waals surface area (Å²) in [6, 6.07) is 0. The third-order valence-corrected chi connectivity index (χ3v) is 10.4. The number of carbonyl (C=O) groups is 3. The van der Waals surface area contributed by atoms with Crippen molar-refractivity contribution >= 4 is 17.9 Å². The molecule has 1 atom stereocenters. The normalized spacial score (nSPS) is 12.8. The number of hydrogen-bond acceptors (Lipinski definition) is 6. The molecular formula is C55H92O6. The maximum atomic E-state index is 12.8. The molecule has 0 rings (SSSR count). The van der Waals surface area contributed by atoms with Crippen LogP contribution in [0.15, 0.2) is 85.1 Å². The summed E-state index contributed by atoms with van der Waals surface area (Å²) in [5, 5.41) is 0. The molecule has 0 aromatic heterocycles. The fraction of sp³-hybridized carbons (Fsp3) is 0.691. The van der Waals surface area contributed by atoms with E-state index in [1.54, 1.807) is 0 Å². The Morgan fingerprint density at radius 1 is 0.361 bits per heavy atom. The van der Waals surface area contributed by atoms with Gasteiger partial charge in [-0.25, -0.2) is 0 Å². The molecule has 0 N–H and O–H groups in total. The van der Waals surface area contributed by atoms with E-state index in [-0.39, 0.29) is 44.0 Å². The Morgan fingerprint density at radius 3 is 1.21 bits per heavy atom. The van der Waals surface area contributed by atoms with Crippen LogP contribution in [0, 0.1) is 0 Å². The number of esters is 3. The molecule has 6 nitrogen and oxygen atoms in total. The fourth-order valence-electron chi connectivity index (χ4n) is 6.62. The van der Waals surface area contributed by atoms with E-state index in [1.807, 2.05) is 6.08 Å². The van der Waals surface area contributed by atoms with Crippen LogP contribution < -0.4 is 0 Å². The predicted octanol–water partition coefficient (Wildman–Crippen LogP) is 16.4. The Bertz CT molecular complexity index is 1200. The molecule has 0 aromatic carbocycles. The summed E-state index contributed by atoms with van der Waals surface area (Å²) < 4.78 is 16.7. The highest BCUT2D eigenvalue weighted by molar-refractivity contribution is 5.71. The van der Waals surface area contributed by atoms with Gasteiger partial charge in [0.2, 0.25) is 0 Å². The maximum absolute atomic E-state index is 12.8. The Hall–Kier alpha value is -3.41. The maximum Gasteiger partial charge on any atom is 0.306 e. The smallest absolute Gasteiger partial charge is 0.306 e. The second-order valence-electron chi connectivity index (χ2n) is 16.4. The molecule has 0 bridgehead atoms. The summed E-state index contributed by atoms with van der Waals surface area (Å²) in [6.45, 7) is 6.40. The average molecular weight is 849 g/mol. The highest BCUT2D eigenvalue weighted by Crippen LogP contribution is 2.12. The lowest BCUT2D eigenvalue weighted by atomic mass is 10.1. The average Bonchev–Trinajstić information content (AvgIpc) is 3.26. The molecule has 0 aliphatic heterocycles. The van der Waals surface area contributed by atoms with Crippen LogP contribution in [-0.4, -0.2) is 37.2 Å². The first-order chi connectivity index (χ1) is 30.0. The number of hydrogen-bond donors (Lipinski definition) is 0. The first kappa shape index (κ1) is 57.6. The van der Waals surface area contributed by atoms with Gasteiger partial charge in [0.15, 0.2) is 6.10 Å². The van der Waals surface area contributed by atoms with E-state index >= 15 is 0 Å². The molecule has 348 valence electrons. The predicted molar refractivity (Wildman–Crippen MR) is 261 cm³/mol. The van der Waals surface area contributed by atoms with Gasteiger partial charge in [-0.2, -0.15) is 0 Å². The molecular weight excluding hydrogens is 757 g/mol. The molecule has 0 radical (unpaired) electrons. The van der Waals surface area contributed by atoms with Crippen molar-refractivity contribution in [1.82, 2.24) is 0 Å². The van der Waals surface area contributed by atoms with Gasteiger partial charge < -0.3 is 14.2 Å². The van der Waals surface area contributed by atoms with Crippen LogP contribution in [0.4, 0.5) is 0 Å². The van der Waals surface area contributed by atoms with Crippen molar-refractivity contribution in [2.24, 2.45) is 0 Å². The zero-order chi connectivity index (χ0) is 44.4. The molecule has 0 saturated heterocycles. The van der Waals surface area contributed by atoms with Crippen molar-refractivity contribution in [3.05, 3.63) is 85.1 Å². The zero-order valence-corrected chi connectivity index (χ0v) is 39.7. The Kier molecular flexibility index (Phi) is 46.5. The number of carbonyl (C=O) groups excluding carboxylic acids is 3. The highest BCUT2D eigenvalue weighted by Gasteiger charge is 2.19. The van der Waals surface area contributed by atoms with Crippen LogP contribution in [-0.2, 0) is 28.6 Å². The van der Waals surface area contributed by atoms with E-state index < -0.39 is 6.10 Å². The van der Waals surface area contributed by atoms with Gasteiger partial charge in [0, 0.05) is 19.3 Å². The fourth-order valence-corrected chi connectivity index (χ4v) is 6.62. The molecule has 61 heavy (non-hydrogen) atoms. The van der Waals surface area contributed by atoms with E-state index in [9.17, 15) is 14.4 Å². The van der Waals surface area contributed by atoms with E-state index in [0.29, 0.717) is 12.8 Å². The lowest BCUT2D eigenvalue weighted by Crippen LogP contribution is -2.30. The first-order valence-corrected chi connectivity index (χ1v) is 25.1. The minimum Gasteiger partial charge on any atom is -0.462 e. The summed E-state index contributed by atoms with van der Waals surface area (Å²) in [5.74, 6) is -1.04. The van der Waals surface area contributed by atoms with E-state index in [4.69, 9.17) is 14.2 Å². The summed E-state index contributed by atoms with van der Waals surface area (Å²) in [7, 11) is 0. The third kappa shape index (κ3) is 47.5. The summed E-state index contributed by atoms with van der Waals surface area (Å²) in [4.78, 5) is 37.9. The van der Waals surface area contributed by atoms with Gasteiger partial charge in [0.05, 0.1) is 0 Å². The van der Waals surface area contributed by atoms with Crippen molar-refractivity contribution in [3.8, 4) is 0 Å². The summed E-state index contributed by atoms with van der Waals surface area (Å²) in [6.07, 6.45) is 62.9. The van der Waals surface area contributed by atoms with Crippen molar-refractivity contribution in [2.75, 3.05) is 13.2 Å². The van der Waals surface area contributed by atoms with Crippen LogP contribution in [0.5, 0.6) is 0 Å². The number of ether oxygens (including phenoxy) is 3. The second-order valence-corrected chi connectivity index (χ2v) is 16.4. The van der Waals surface area contributed by atoms with E-state index in [0.717, 1.165) is 96.3 Å². The molecule has 0 fully saturated rings. The van der Waals surface area contributed by atoms with Gasteiger partial charge in [-0.3, -0.25) is 14.4 Å². The topological polar surface area (TPSA) is 78.9 Å². The minimum absolute atomic E-state index is 0.117. The van der Waals surface area contributed by atoms with Gasteiger partial charge in [0.25, 0.3) is 0 Å². The standard InChI is InChI=1S/C55H92O6/c1-4-7-10-13-16-19-22-25-27-28-31-33-36-39-42-45-48-54(57)60-51-52(50-59-53(56)47-44-41-38-35-32-29-24-21-18-15-12-9-6-3)61-55(58)49-46-43-40-37-34-30-26-23-20-17-14-11-8-5-2/h8,11,17,20,26-33,38,41,52H,4-7,9-10,12-16,18-19,21-25,34-37,39-40,42-51H2,1-3H3/b11-8+,20-17+,28-27+,30-26+,32-29+,33-31+,41-38+. The monoisotopic (exact) mass is 849 g/mol. The van der Waals surface area contributed by atoms with Crippen molar-refractivity contribution in [2.45, 2.75) is 232 Å². The Morgan fingerprint density at radius 2 is 0.721 bits per heavy atom. The first-order valence-electron chi connectivity index (χ1n) is 25.1. The van der Waals surface area contributed by atoms with Crippen molar-refractivity contribution < 1.29 is 28.6 Å². The number of unbranched alkanes of at least 4 members (excludes halogenated alkanes) is 20. The third-order valence-electron chi connectivity index (χ3n) is 10.4. The van der Waals surface area contributed by atoms with E-state index in [1.165, 1.54) is 83.5 Å².